The summed E-state index contributed by atoms with van der Waals surface area (Å²) in [5.41, 5.74) is 5.63. The van der Waals surface area contributed by atoms with Crippen LogP contribution in [0.5, 0.6) is 17.2 Å². The monoisotopic (exact) mass is 625 g/mol. The third-order valence-corrected chi connectivity index (χ3v) is 6.93. The van der Waals surface area contributed by atoms with Gasteiger partial charge in [-0.1, -0.05) is 54.1 Å². The number of hydrogen-bond acceptors (Lipinski definition) is 8. The Hall–Kier alpha value is -4.98. The number of para-hydroxylation sites is 1. The molecule has 1 unspecified atom stereocenters. The van der Waals surface area contributed by atoms with Crippen LogP contribution >= 0.6 is 11.6 Å². The standard InChI is InChI=1S/C29H24ClN3O9S/c30-25-15-10-21(17-26(25)33(36)37)32(43(38)39)28(34)27(42-29(31)35)16-19-6-11-22(12-7-19)40-18-20-8-13-24(14-9-20)41-23-4-2-1-3-5-23/h1-15,17,27H,16,18H2,(H2,31,35)(H,38,39)/t27-/m0/s1. The van der Waals surface area contributed by atoms with Gasteiger partial charge in [0.2, 0.25) is 0 Å². The minimum absolute atomic E-state index is 0.228. The number of carbonyl (C=O) groups excluding carboxylic acids is 2. The Balaban J connectivity index is 1.42. The zero-order valence-corrected chi connectivity index (χ0v) is 23.8. The Morgan fingerprint density at radius 1 is 0.930 bits per heavy atom. The maximum atomic E-state index is 13.2. The fourth-order valence-corrected chi connectivity index (χ4v) is 4.64. The van der Waals surface area contributed by atoms with E-state index >= 15 is 0 Å². The third kappa shape index (κ3) is 8.52. The summed E-state index contributed by atoms with van der Waals surface area (Å²) < 4.78 is 38.8. The number of anilines is 1. The molecule has 4 aromatic carbocycles. The van der Waals surface area contributed by atoms with Crippen LogP contribution < -0.4 is 19.5 Å². The number of halogens is 1. The fraction of sp³-hybridized carbons (Fsp3) is 0.103. The summed E-state index contributed by atoms with van der Waals surface area (Å²) in [6, 6.07) is 26.4. The molecule has 3 N–H and O–H groups in total. The first-order valence-electron chi connectivity index (χ1n) is 12.5. The molecule has 14 heteroatoms. The molecule has 0 radical (unpaired) electrons. The van der Waals surface area contributed by atoms with E-state index < -0.39 is 40.0 Å². The SMILES string of the molecule is NC(=O)O[C@@H](Cc1ccc(OCc2ccc(Oc3ccccc3)cc2)cc1)C(=O)N(c1ccc(Cl)c([N+](=O)[O-])c1)S(=O)O. The van der Waals surface area contributed by atoms with Crippen LogP contribution in [0.1, 0.15) is 11.1 Å². The summed E-state index contributed by atoms with van der Waals surface area (Å²) in [4.78, 5) is 35.3. The number of nitrogens with two attached hydrogens (primary N) is 1. The minimum atomic E-state index is -2.98. The van der Waals surface area contributed by atoms with Gasteiger partial charge >= 0.3 is 6.09 Å². The number of nitrogens with zero attached hydrogens (tertiary/aromatic N) is 2. The van der Waals surface area contributed by atoms with E-state index in [0.29, 0.717) is 21.4 Å². The first-order chi connectivity index (χ1) is 20.6. The van der Waals surface area contributed by atoms with Crippen LogP contribution in [0.3, 0.4) is 0 Å². The van der Waals surface area contributed by atoms with Crippen molar-refractivity contribution in [1.29, 1.82) is 0 Å². The minimum Gasteiger partial charge on any atom is -0.489 e. The lowest BCUT2D eigenvalue weighted by molar-refractivity contribution is -0.384. The molecule has 0 heterocycles. The van der Waals surface area contributed by atoms with Gasteiger partial charge in [-0.05, 0) is 59.7 Å². The normalized spacial score (nSPS) is 12.0. The second-order valence-electron chi connectivity index (χ2n) is 8.88. The lowest BCUT2D eigenvalue weighted by Gasteiger charge is -2.23. The van der Waals surface area contributed by atoms with Crippen molar-refractivity contribution >= 4 is 46.2 Å². The molecule has 0 saturated heterocycles. The molecule has 222 valence electrons. The van der Waals surface area contributed by atoms with Crippen LogP contribution in [0.25, 0.3) is 0 Å². The maximum Gasteiger partial charge on any atom is 0.405 e. The highest BCUT2D eigenvalue weighted by atomic mass is 35.5. The van der Waals surface area contributed by atoms with Crippen LogP contribution in [0.15, 0.2) is 97.1 Å². The molecule has 4 rings (SSSR count). The van der Waals surface area contributed by atoms with Gasteiger partial charge in [0, 0.05) is 12.5 Å². The van der Waals surface area contributed by atoms with E-state index in [1.807, 2.05) is 54.6 Å². The Labute approximate surface area is 253 Å². The Morgan fingerprint density at radius 3 is 2.14 bits per heavy atom. The quantitative estimate of drug-likeness (QED) is 0.112. The largest absolute Gasteiger partial charge is 0.489 e. The van der Waals surface area contributed by atoms with Crippen LogP contribution in [-0.4, -0.2) is 31.8 Å². The van der Waals surface area contributed by atoms with Crippen molar-refractivity contribution in [3.8, 4) is 17.2 Å². The Morgan fingerprint density at radius 2 is 1.53 bits per heavy atom. The van der Waals surface area contributed by atoms with Gasteiger partial charge in [0.15, 0.2) is 6.10 Å². The average Bonchev–Trinajstić information content (AvgIpc) is 2.98. The van der Waals surface area contributed by atoms with Gasteiger partial charge in [0.05, 0.1) is 10.6 Å². The average molecular weight is 626 g/mol. The molecule has 0 fully saturated rings. The molecule has 0 saturated carbocycles. The van der Waals surface area contributed by atoms with Gasteiger partial charge < -0.3 is 19.9 Å². The van der Waals surface area contributed by atoms with Gasteiger partial charge in [0.25, 0.3) is 22.9 Å². The molecular weight excluding hydrogens is 602 g/mol. The highest BCUT2D eigenvalue weighted by Crippen LogP contribution is 2.31. The van der Waals surface area contributed by atoms with Gasteiger partial charge in [-0.2, -0.15) is 0 Å². The number of ether oxygens (including phenoxy) is 3. The van der Waals surface area contributed by atoms with Crippen molar-refractivity contribution in [2.75, 3.05) is 4.31 Å². The first-order valence-corrected chi connectivity index (χ1v) is 13.9. The number of hydrogen-bond donors (Lipinski definition) is 2. The van der Waals surface area contributed by atoms with Crippen molar-refractivity contribution in [2.45, 2.75) is 19.1 Å². The van der Waals surface area contributed by atoms with E-state index in [-0.39, 0.29) is 23.7 Å². The second kappa shape index (κ2) is 14.3. The highest BCUT2D eigenvalue weighted by Gasteiger charge is 2.33. The first kappa shape index (κ1) is 31.0. The van der Waals surface area contributed by atoms with E-state index in [2.05, 4.69) is 0 Å². The molecule has 0 bridgehead atoms. The lowest BCUT2D eigenvalue weighted by atomic mass is 10.1. The number of nitro groups is 1. The van der Waals surface area contributed by atoms with Crippen molar-refractivity contribution in [1.82, 2.24) is 0 Å². The number of primary amides is 1. The van der Waals surface area contributed by atoms with Crippen LogP contribution in [0.4, 0.5) is 16.2 Å². The Bertz CT molecular complexity index is 1620. The topological polar surface area (TPSA) is 172 Å². The third-order valence-electron chi connectivity index (χ3n) is 5.90. The molecule has 0 aromatic heterocycles. The van der Waals surface area contributed by atoms with Crippen LogP contribution in [0.2, 0.25) is 5.02 Å². The van der Waals surface area contributed by atoms with E-state index in [9.17, 15) is 28.5 Å². The summed E-state index contributed by atoms with van der Waals surface area (Å²) in [5, 5.41) is 11.0. The van der Waals surface area contributed by atoms with Gasteiger partial charge in [-0.25, -0.2) is 13.3 Å². The van der Waals surface area contributed by atoms with Crippen LogP contribution in [0, 0.1) is 10.1 Å². The number of nitro benzene ring substituents is 1. The molecule has 0 aliphatic heterocycles. The van der Waals surface area contributed by atoms with E-state index in [0.717, 1.165) is 29.5 Å². The Kier molecular flexibility index (Phi) is 10.3. The maximum absolute atomic E-state index is 13.2. The molecule has 4 aromatic rings. The van der Waals surface area contributed by atoms with E-state index in [1.54, 1.807) is 24.3 Å². The highest BCUT2D eigenvalue weighted by molar-refractivity contribution is 7.81. The fourth-order valence-electron chi connectivity index (χ4n) is 3.89. The molecule has 0 aliphatic rings. The number of carbonyl (C=O) groups is 2. The summed E-state index contributed by atoms with van der Waals surface area (Å²) in [6.45, 7) is 0.265. The summed E-state index contributed by atoms with van der Waals surface area (Å²) in [5.74, 6) is 0.775. The molecule has 43 heavy (non-hydrogen) atoms. The zero-order chi connectivity index (χ0) is 30.9. The van der Waals surface area contributed by atoms with Crippen molar-refractivity contribution in [3.05, 3.63) is 123 Å². The number of amides is 2. The summed E-state index contributed by atoms with van der Waals surface area (Å²) in [7, 11) is 0. The molecule has 2 amide bonds. The van der Waals surface area contributed by atoms with Gasteiger partial charge in [0.1, 0.15) is 28.9 Å². The summed E-state index contributed by atoms with van der Waals surface area (Å²) >= 11 is 2.83. The predicted molar refractivity (Wildman–Crippen MR) is 158 cm³/mol. The smallest absolute Gasteiger partial charge is 0.405 e. The zero-order valence-electron chi connectivity index (χ0n) is 22.2. The predicted octanol–water partition coefficient (Wildman–Crippen LogP) is 5.80. The van der Waals surface area contributed by atoms with Gasteiger partial charge in [-0.15, -0.1) is 0 Å². The molecule has 2 atom stereocenters. The lowest BCUT2D eigenvalue weighted by Crippen LogP contribution is -2.44. The second-order valence-corrected chi connectivity index (χ2v) is 10.1. The van der Waals surface area contributed by atoms with Crippen molar-refractivity contribution in [3.63, 3.8) is 0 Å². The molecule has 12 nitrogen and oxygen atoms in total. The van der Waals surface area contributed by atoms with Crippen LogP contribution in [-0.2, 0) is 33.8 Å². The molecular formula is C29H24ClN3O9S. The van der Waals surface area contributed by atoms with Gasteiger partial charge in [-0.3, -0.25) is 19.5 Å². The number of rotatable bonds is 12. The summed E-state index contributed by atoms with van der Waals surface area (Å²) in [6.07, 6.45) is -3.16. The van der Waals surface area contributed by atoms with Crippen molar-refractivity contribution in [2.24, 2.45) is 5.73 Å². The number of benzene rings is 4. The van der Waals surface area contributed by atoms with Crippen molar-refractivity contribution < 1.29 is 37.5 Å². The molecule has 0 spiro atoms. The van der Waals surface area contributed by atoms with E-state index in [1.165, 1.54) is 0 Å². The van der Waals surface area contributed by atoms with E-state index in [4.69, 9.17) is 31.5 Å². The molecule has 0 aliphatic carbocycles.